The summed E-state index contributed by atoms with van der Waals surface area (Å²) in [5.74, 6) is -0.0191. The molecule has 1 saturated heterocycles. The minimum atomic E-state index is -4.11. The maximum atomic E-state index is 12.6. The number of hydrogen-bond donors (Lipinski definition) is 0. The van der Waals surface area contributed by atoms with Crippen LogP contribution in [0.2, 0.25) is 0 Å². The van der Waals surface area contributed by atoms with Crippen molar-refractivity contribution in [3.05, 3.63) is 53.4 Å². The highest BCUT2D eigenvalue weighted by atomic mass is 32.2. The molecule has 29 heavy (non-hydrogen) atoms. The van der Waals surface area contributed by atoms with Gasteiger partial charge in [0.1, 0.15) is 10.6 Å². The van der Waals surface area contributed by atoms with E-state index in [0.717, 1.165) is 6.42 Å². The molecule has 154 valence electrons. The van der Waals surface area contributed by atoms with Gasteiger partial charge in [-0.2, -0.15) is 8.42 Å². The standard InChI is InChI=1S/C19H22N3O6S/c1-3-11-20-12-13-21(19(20)23)15-7-9-18(10-8-15)29(25,26)28-17-6-4-5-16(14-17)22(24)27-2/h4-10,14H,3,11-13H2,1-2H3/q+1. The zero-order valence-corrected chi connectivity index (χ0v) is 17.0. The summed E-state index contributed by atoms with van der Waals surface area (Å²) in [6.45, 7) is 3.90. The van der Waals surface area contributed by atoms with Crippen molar-refractivity contribution in [3.8, 4) is 5.75 Å². The molecule has 1 aliphatic heterocycles. The summed E-state index contributed by atoms with van der Waals surface area (Å²) < 4.78 is 30.2. The first-order valence-electron chi connectivity index (χ1n) is 9.08. The van der Waals surface area contributed by atoms with Gasteiger partial charge in [-0.3, -0.25) is 4.90 Å². The number of rotatable bonds is 8. The summed E-state index contributed by atoms with van der Waals surface area (Å²) in [4.78, 5) is 32.0. The minimum absolute atomic E-state index is 0.0191. The van der Waals surface area contributed by atoms with Gasteiger partial charge in [-0.15, -0.1) is 0 Å². The highest BCUT2D eigenvalue weighted by Crippen LogP contribution is 2.26. The lowest BCUT2D eigenvalue weighted by atomic mass is 10.3. The third kappa shape index (κ3) is 4.48. The fourth-order valence-electron chi connectivity index (χ4n) is 3.02. The predicted octanol–water partition coefficient (Wildman–Crippen LogP) is 3.08. The van der Waals surface area contributed by atoms with Crippen molar-refractivity contribution in [2.24, 2.45) is 0 Å². The van der Waals surface area contributed by atoms with Gasteiger partial charge in [-0.05, 0) is 36.8 Å². The van der Waals surface area contributed by atoms with Crippen molar-refractivity contribution in [2.75, 3.05) is 31.6 Å². The van der Waals surface area contributed by atoms with Crippen LogP contribution in [0.15, 0.2) is 53.4 Å². The molecule has 3 rings (SSSR count). The Kier molecular flexibility index (Phi) is 6.02. The van der Waals surface area contributed by atoms with Crippen LogP contribution in [0.1, 0.15) is 13.3 Å². The lowest BCUT2D eigenvalue weighted by molar-refractivity contribution is -0.736. The van der Waals surface area contributed by atoms with Gasteiger partial charge in [0.25, 0.3) is 4.92 Å². The molecular weight excluding hydrogens is 398 g/mol. The van der Waals surface area contributed by atoms with Crippen molar-refractivity contribution >= 4 is 27.5 Å². The first-order valence-corrected chi connectivity index (χ1v) is 10.5. The molecule has 0 unspecified atom stereocenters. The number of urea groups is 1. The van der Waals surface area contributed by atoms with E-state index in [2.05, 4.69) is 4.84 Å². The van der Waals surface area contributed by atoms with Crippen LogP contribution in [0.5, 0.6) is 5.75 Å². The number of hydrogen-bond acceptors (Lipinski definition) is 6. The van der Waals surface area contributed by atoms with Crippen LogP contribution < -0.4 is 9.08 Å². The summed E-state index contributed by atoms with van der Waals surface area (Å²) in [5, 5.41) is 0. The predicted molar refractivity (Wildman–Crippen MR) is 106 cm³/mol. The molecule has 0 aromatic heterocycles. The highest BCUT2D eigenvalue weighted by molar-refractivity contribution is 7.87. The first kappa shape index (κ1) is 20.6. The van der Waals surface area contributed by atoms with Crippen molar-refractivity contribution < 1.29 is 27.2 Å². The average molecular weight is 420 g/mol. The van der Waals surface area contributed by atoms with Gasteiger partial charge in [0, 0.05) is 31.4 Å². The van der Waals surface area contributed by atoms with Crippen molar-refractivity contribution in [1.29, 1.82) is 0 Å². The Labute approximate surface area is 169 Å². The second kappa shape index (κ2) is 8.48. The van der Waals surface area contributed by atoms with Crippen molar-refractivity contribution in [1.82, 2.24) is 4.90 Å². The lowest BCUT2D eigenvalue weighted by Crippen LogP contribution is -2.32. The smallest absolute Gasteiger partial charge is 0.339 e. The molecule has 0 N–H and O–H groups in total. The Morgan fingerprint density at radius 3 is 2.48 bits per heavy atom. The molecule has 9 nitrogen and oxygen atoms in total. The Balaban J connectivity index is 1.75. The molecule has 1 heterocycles. The van der Waals surface area contributed by atoms with E-state index < -0.39 is 10.1 Å². The first-order chi connectivity index (χ1) is 13.9. The number of nitrogens with zero attached hydrogens (tertiary/aromatic N) is 3. The van der Waals surface area contributed by atoms with Crippen LogP contribution in [0.25, 0.3) is 0 Å². The van der Waals surface area contributed by atoms with Gasteiger partial charge in [-0.1, -0.05) is 13.0 Å². The van der Waals surface area contributed by atoms with Crippen LogP contribution in [0.4, 0.5) is 16.2 Å². The molecule has 2 aromatic rings. The monoisotopic (exact) mass is 420 g/mol. The van der Waals surface area contributed by atoms with E-state index in [1.807, 2.05) is 6.92 Å². The molecule has 0 radical (unpaired) electrons. The Bertz CT molecular complexity index is 1010. The number of amides is 2. The molecule has 1 fully saturated rings. The zero-order valence-electron chi connectivity index (χ0n) is 16.1. The largest absolute Gasteiger partial charge is 0.379 e. The molecule has 2 amide bonds. The average Bonchev–Trinajstić information content (AvgIpc) is 3.08. The van der Waals surface area contributed by atoms with Crippen molar-refractivity contribution in [3.63, 3.8) is 0 Å². The van der Waals surface area contributed by atoms with E-state index >= 15 is 0 Å². The van der Waals surface area contributed by atoms with Gasteiger partial charge in [0.2, 0.25) is 0 Å². The second-order valence-corrected chi connectivity index (χ2v) is 7.94. The van der Waals surface area contributed by atoms with Gasteiger partial charge in [0.05, 0.1) is 11.0 Å². The van der Waals surface area contributed by atoms with Crippen LogP contribution in [0.3, 0.4) is 0 Å². The van der Waals surface area contributed by atoms with Gasteiger partial charge in [0.15, 0.2) is 7.11 Å². The molecule has 0 saturated carbocycles. The number of benzene rings is 2. The summed E-state index contributed by atoms with van der Waals surface area (Å²) in [7, 11) is -2.91. The zero-order chi connectivity index (χ0) is 21.0. The van der Waals surface area contributed by atoms with E-state index in [1.54, 1.807) is 21.9 Å². The molecule has 10 heteroatoms. The Morgan fingerprint density at radius 2 is 1.83 bits per heavy atom. The quantitative estimate of drug-likeness (QED) is 0.481. The van der Waals surface area contributed by atoms with E-state index in [9.17, 15) is 18.1 Å². The molecule has 0 spiro atoms. The summed E-state index contributed by atoms with van der Waals surface area (Å²) in [5.41, 5.74) is 0.719. The maximum Gasteiger partial charge on any atom is 0.339 e. The Morgan fingerprint density at radius 1 is 1.10 bits per heavy atom. The van der Waals surface area contributed by atoms with Crippen LogP contribution in [-0.2, 0) is 15.0 Å². The normalized spacial score (nSPS) is 14.2. The maximum absolute atomic E-state index is 12.6. The Hall–Kier alpha value is -3.14. The van der Waals surface area contributed by atoms with Crippen LogP contribution in [-0.4, -0.2) is 51.0 Å². The molecule has 2 aromatic carbocycles. The molecular formula is C19H22N3O6S+. The molecule has 0 bridgehead atoms. The van der Waals surface area contributed by atoms with Crippen LogP contribution in [0, 0.1) is 4.91 Å². The van der Waals surface area contributed by atoms with Gasteiger partial charge >= 0.3 is 21.8 Å². The number of carbonyl (C=O) groups excluding carboxylic acids is 1. The van der Waals surface area contributed by atoms with Gasteiger partial charge in [-0.25, -0.2) is 9.63 Å². The number of anilines is 1. The summed E-state index contributed by atoms with van der Waals surface area (Å²) in [6.07, 6.45) is 0.879. The third-order valence-electron chi connectivity index (χ3n) is 4.43. The van der Waals surface area contributed by atoms with Crippen LogP contribution >= 0.6 is 0 Å². The third-order valence-corrected chi connectivity index (χ3v) is 5.69. The SMILES string of the molecule is CCCN1CCN(c2ccc(S(=O)(=O)Oc3cccc([N+](=O)OC)c3)cc2)C1=O. The molecule has 0 aliphatic carbocycles. The van der Waals surface area contributed by atoms with Gasteiger partial charge < -0.3 is 9.08 Å². The minimum Gasteiger partial charge on any atom is -0.379 e. The second-order valence-electron chi connectivity index (χ2n) is 6.39. The fourth-order valence-corrected chi connectivity index (χ4v) is 3.94. The highest BCUT2D eigenvalue weighted by Gasteiger charge is 2.29. The fraction of sp³-hybridized carbons (Fsp3) is 0.316. The molecule has 1 aliphatic rings. The lowest BCUT2D eigenvalue weighted by Gasteiger charge is -2.18. The summed E-state index contributed by atoms with van der Waals surface area (Å²) in [6, 6.07) is 11.5. The van der Waals surface area contributed by atoms with E-state index in [-0.39, 0.29) is 27.3 Å². The topological polar surface area (TPSA) is 96.2 Å². The molecule has 0 atom stereocenters. The summed E-state index contributed by atoms with van der Waals surface area (Å²) >= 11 is 0. The van der Waals surface area contributed by atoms with E-state index in [4.69, 9.17) is 4.18 Å². The van der Waals surface area contributed by atoms with E-state index in [1.165, 1.54) is 43.5 Å². The van der Waals surface area contributed by atoms with Crippen molar-refractivity contribution in [2.45, 2.75) is 18.2 Å². The van der Waals surface area contributed by atoms with E-state index in [0.29, 0.717) is 25.3 Å². The number of carbonyl (C=O) groups is 1.